The Kier molecular flexibility index (Phi) is 2.95. The fraction of sp³-hybridized carbons (Fsp3) is 0.200. The molecule has 0 unspecified atom stereocenters. The molecule has 1 aromatic rings. The minimum atomic E-state index is 0.442. The number of hydrogen-bond acceptors (Lipinski definition) is 1. The van der Waals surface area contributed by atoms with Gasteiger partial charge in [0.25, 0.3) is 0 Å². The van der Waals surface area contributed by atoms with Crippen LogP contribution in [0.25, 0.3) is 6.08 Å². The minimum absolute atomic E-state index is 0.442. The molecule has 0 N–H and O–H groups in total. The first-order valence-corrected chi connectivity index (χ1v) is 5.63. The molecule has 0 atom stereocenters. The predicted molar refractivity (Wildman–Crippen MR) is 71.4 cm³/mol. The van der Waals surface area contributed by atoms with Crippen LogP contribution in [0.2, 0.25) is 0 Å². The second-order valence-corrected chi connectivity index (χ2v) is 4.18. The molecule has 1 aliphatic heterocycles. The third kappa shape index (κ3) is 1.81. The highest BCUT2D eigenvalue weighted by Gasteiger charge is 2.18. The van der Waals surface area contributed by atoms with Crippen LogP contribution in [0.15, 0.2) is 54.8 Å². The Hall–Kier alpha value is -1.76. The number of allylic oxidation sites excluding steroid dienone is 3. The van der Waals surface area contributed by atoms with Crippen molar-refractivity contribution < 1.29 is 0 Å². The Labute approximate surface area is 97.4 Å². The number of rotatable bonds is 2. The van der Waals surface area contributed by atoms with E-state index in [2.05, 4.69) is 61.7 Å². The van der Waals surface area contributed by atoms with Gasteiger partial charge < -0.3 is 4.90 Å². The molecule has 1 aliphatic rings. The van der Waals surface area contributed by atoms with E-state index in [0.29, 0.717) is 6.04 Å². The van der Waals surface area contributed by atoms with Crippen molar-refractivity contribution in [3.8, 4) is 0 Å². The Morgan fingerprint density at radius 3 is 2.62 bits per heavy atom. The van der Waals surface area contributed by atoms with Crippen molar-refractivity contribution in [1.82, 2.24) is 0 Å². The molecule has 0 spiro atoms. The van der Waals surface area contributed by atoms with Crippen molar-refractivity contribution >= 4 is 11.8 Å². The van der Waals surface area contributed by atoms with Crippen LogP contribution in [0.4, 0.5) is 5.69 Å². The fourth-order valence-corrected chi connectivity index (χ4v) is 2.08. The minimum Gasteiger partial charge on any atom is -0.338 e. The van der Waals surface area contributed by atoms with Gasteiger partial charge in [0.05, 0.1) is 0 Å². The van der Waals surface area contributed by atoms with Crippen molar-refractivity contribution in [3.05, 3.63) is 60.3 Å². The van der Waals surface area contributed by atoms with Gasteiger partial charge in [-0.15, -0.1) is 0 Å². The standard InChI is InChI=1S/C15H17N/c1-4-7-14-11-10-13-8-5-6-9-15(13)16(14)12(2)3/h4-12H,1H2,2-3H3/b14-7+. The van der Waals surface area contributed by atoms with E-state index in [1.165, 1.54) is 16.9 Å². The van der Waals surface area contributed by atoms with Crippen LogP contribution in [0, 0.1) is 0 Å². The second kappa shape index (κ2) is 4.40. The first-order chi connectivity index (χ1) is 7.74. The van der Waals surface area contributed by atoms with E-state index in [-0.39, 0.29) is 0 Å². The van der Waals surface area contributed by atoms with Crippen LogP contribution < -0.4 is 4.90 Å². The normalized spacial score (nSPS) is 16.7. The third-order valence-electron chi connectivity index (χ3n) is 2.71. The summed E-state index contributed by atoms with van der Waals surface area (Å²) >= 11 is 0. The number of nitrogens with zero attached hydrogens (tertiary/aromatic N) is 1. The van der Waals surface area contributed by atoms with E-state index in [9.17, 15) is 0 Å². The maximum atomic E-state index is 3.77. The highest BCUT2D eigenvalue weighted by atomic mass is 15.2. The van der Waals surface area contributed by atoms with Gasteiger partial charge in [-0.05, 0) is 37.6 Å². The zero-order valence-corrected chi connectivity index (χ0v) is 9.85. The van der Waals surface area contributed by atoms with Gasteiger partial charge in [-0.2, -0.15) is 0 Å². The van der Waals surface area contributed by atoms with Gasteiger partial charge >= 0.3 is 0 Å². The monoisotopic (exact) mass is 211 g/mol. The first kappa shape index (κ1) is 10.7. The maximum absolute atomic E-state index is 3.77. The van der Waals surface area contributed by atoms with E-state index >= 15 is 0 Å². The topological polar surface area (TPSA) is 3.24 Å². The quantitative estimate of drug-likeness (QED) is 0.714. The van der Waals surface area contributed by atoms with E-state index < -0.39 is 0 Å². The number of hydrogen-bond donors (Lipinski definition) is 0. The Bertz CT molecular complexity index is 452. The predicted octanol–water partition coefficient (Wildman–Crippen LogP) is 4.00. The highest BCUT2D eigenvalue weighted by Crippen LogP contribution is 2.32. The summed E-state index contributed by atoms with van der Waals surface area (Å²) in [6.07, 6.45) is 8.18. The van der Waals surface area contributed by atoms with Gasteiger partial charge in [-0.25, -0.2) is 0 Å². The summed E-state index contributed by atoms with van der Waals surface area (Å²) in [6.45, 7) is 8.17. The molecular formula is C15H17N. The number of anilines is 1. The summed E-state index contributed by atoms with van der Waals surface area (Å²) in [5, 5.41) is 0. The average molecular weight is 211 g/mol. The molecule has 0 saturated heterocycles. The van der Waals surface area contributed by atoms with Crippen molar-refractivity contribution in [2.75, 3.05) is 4.90 Å². The SMILES string of the molecule is C=C/C=C1\C=Cc2ccccc2N1C(C)C. The molecule has 16 heavy (non-hydrogen) atoms. The second-order valence-electron chi connectivity index (χ2n) is 4.18. The summed E-state index contributed by atoms with van der Waals surface area (Å²) in [5.41, 5.74) is 3.74. The molecule has 0 amide bonds. The molecule has 0 fully saturated rings. The summed E-state index contributed by atoms with van der Waals surface area (Å²) in [5.74, 6) is 0. The molecule has 2 rings (SSSR count). The highest BCUT2D eigenvalue weighted by molar-refractivity contribution is 5.76. The van der Waals surface area contributed by atoms with E-state index in [0.717, 1.165) is 0 Å². The molecule has 1 nitrogen and oxygen atoms in total. The lowest BCUT2D eigenvalue weighted by Gasteiger charge is -2.33. The van der Waals surface area contributed by atoms with Crippen molar-refractivity contribution in [3.63, 3.8) is 0 Å². The van der Waals surface area contributed by atoms with E-state index in [1.807, 2.05) is 12.2 Å². The zero-order valence-electron chi connectivity index (χ0n) is 9.85. The van der Waals surface area contributed by atoms with E-state index in [1.54, 1.807) is 0 Å². The van der Waals surface area contributed by atoms with Crippen molar-refractivity contribution in [2.45, 2.75) is 19.9 Å². The molecule has 0 radical (unpaired) electrons. The summed E-state index contributed by atoms with van der Waals surface area (Å²) in [7, 11) is 0. The zero-order chi connectivity index (χ0) is 11.5. The summed E-state index contributed by atoms with van der Waals surface area (Å²) in [6, 6.07) is 8.90. The maximum Gasteiger partial charge on any atom is 0.0486 e. The molecule has 0 saturated carbocycles. The van der Waals surface area contributed by atoms with E-state index in [4.69, 9.17) is 0 Å². The van der Waals surface area contributed by atoms with Crippen LogP contribution in [0.1, 0.15) is 19.4 Å². The summed E-state index contributed by atoms with van der Waals surface area (Å²) in [4.78, 5) is 2.33. The molecule has 82 valence electrons. The number of fused-ring (bicyclic) bond motifs is 1. The Morgan fingerprint density at radius 2 is 1.94 bits per heavy atom. The summed E-state index contributed by atoms with van der Waals surface area (Å²) < 4.78 is 0. The molecular weight excluding hydrogens is 194 g/mol. The number of para-hydroxylation sites is 1. The fourth-order valence-electron chi connectivity index (χ4n) is 2.08. The van der Waals surface area contributed by atoms with Crippen LogP contribution in [0.3, 0.4) is 0 Å². The molecule has 0 aliphatic carbocycles. The molecule has 0 aromatic heterocycles. The van der Waals surface area contributed by atoms with Gasteiger partial charge in [0.2, 0.25) is 0 Å². The number of benzene rings is 1. The Balaban J connectivity index is 2.54. The van der Waals surface area contributed by atoms with Gasteiger partial charge in [0.1, 0.15) is 0 Å². The van der Waals surface area contributed by atoms with Crippen LogP contribution in [-0.4, -0.2) is 6.04 Å². The molecule has 0 bridgehead atoms. The lowest BCUT2D eigenvalue weighted by atomic mass is 10.0. The van der Waals surface area contributed by atoms with Gasteiger partial charge in [-0.1, -0.05) is 36.9 Å². The van der Waals surface area contributed by atoms with Gasteiger partial charge in [0, 0.05) is 17.4 Å². The third-order valence-corrected chi connectivity index (χ3v) is 2.71. The molecule has 1 heteroatoms. The Morgan fingerprint density at radius 1 is 1.19 bits per heavy atom. The van der Waals surface area contributed by atoms with Gasteiger partial charge in [0.15, 0.2) is 0 Å². The first-order valence-electron chi connectivity index (χ1n) is 5.63. The van der Waals surface area contributed by atoms with Gasteiger partial charge in [-0.3, -0.25) is 0 Å². The lowest BCUT2D eigenvalue weighted by Crippen LogP contribution is -2.31. The van der Waals surface area contributed by atoms with Crippen LogP contribution in [0.5, 0.6) is 0 Å². The largest absolute Gasteiger partial charge is 0.338 e. The average Bonchev–Trinajstić information content (AvgIpc) is 2.28. The lowest BCUT2D eigenvalue weighted by molar-refractivity contribution is 0.761. The van der Waals surface area contributed by atoms with Crippen LogP contribution >= 0.6 is 0 Å². The van der Waals surface area contributed by atoms with Crippen molar-refractivity contribution in [2.24, 2.45) is 0 Å². The van der Waals surface area contributed by atoms with Crippen LogP contribution in [-0.2, 0) is 0 Å². The van der Waals surface area contributed by atoms with Crippen molar-refractivity contribution in [1.29, 1.82) is 0 Å². The smallest absolute Gasteiger partial charge is 0.0486 e. The molecule has 1 aromatic carbocycles. The molecule has 1 heterocycles.